The molecule has 1 atom stereocenters. The quantitative estimate of drug-likeness (QED) is 0.884. The monoisotopic (exact) mass is 326 g/mol. The summed E-state index contributed by atoms with van der Waals surface area (Å²) in [6, 6.07) is 5.51. The first-order chi connectivity index (χ1) is 8.95. The van der Waals surface area contributed by atoms with Gasteiger partial charge in [0.05, 0.1) is 19.0 Å². The van der Waals surface area contributed by atoms with Crippen LogP contribution in [-0.2, 0) is 9.59 Å². The van der Waals surface area contributed by atoms with Crippen LogP contribution in [0.3, 0.4) is 0 Å². The van der Waals surface area contributed by atoms with E-state index >= 15 is 0 Å². The summed E-state index contributed by atoms with van der Waals surface area (Å²) in [6.07, 6.45) is -0.0602. The van der Waals surface area contributed by atoms with E-state index in [2.05, 4.69) is 21.2 Å². The molecule has 6 heteroatoms. The zero-order chi connectivity index (χ0) is 14.0. The molecule has 5 nitrogen and oxygen atoms in total. The van der Waals surface area contributed by atoms with Crippen molar-refractivity contribution in [2.75, 3.05) is 18.0 Å². The number of nitrogens with zero attached hydrogens (tertiary/aromatic N) is 1. The van der Waals surface area contributed by atoms with Crippen LogP contribution in [0.5, 0.6) is 0 Å². The number of aliphatic carboxylic acids is 1. The molecule has 1 saturated heterocycles. The van der Waals surface area contributed by atoms with Crippen LogP contribution < -0.4 is 10.2 Å². The van der Waals surface area contributed by atoms with Crippen molar-refractivity contribution in [3.05, 3.63) is 28.2 Å². The summed E-state index contributed by atoms with van der Waals surface area (Å²) in [7, 11) is 0. The van der Waals surface area contributed by atoms with Crippen LogP contribution in [0.2, 0.25) is 0 Å². The van der Waals surface area contributed by atoms with Gasteiger partial charge in [-0.2, -0.15) is 0 Å². The Morgan fingerprint density at radius 1 is 1.58 bits per heavy atom. The van der Waals surface area contributed by atoms with E-state index in [1.54, 1.807) is 0 Å². The molecule has 102 valence electrons. The molecule has 0 saturated carbocycles. The molecule has 1 fully saturated rings. The second-order valence-corrected chi connectivity index (χ2v) is 5.53. The second-order valence-electron chi connectivity index (χ2n) is 4.68. The van der Waals surface area contributed by atoms with Gasteiger partial charge in [0.15, 0.2) is 0 Å². The lowest BCUT2D eigenvalue weighted by Crippen LogP contribution is -2.54. The van der Waals surface area contributed by atoms with Crippen LogP contribution in [-0.4, -0.2) is 36.1 Å². The number of halogens is 1. The SMILES string of the molecule is Cc1ccc(N2CC(=O)NC(CC(=O)O)C2)cc1Br. The maximum Gasteiger partial charge on any atom is 0.305 e. The average molecular weight is 327 g/mol. The fraction of sp³-hybridized carbons (Fsp3) is 0.385. The van der Waals surface area contributed by atoms with Gasteiger partial charge in [-0.15, -0.1) is 0 Å². The zero-order valence-electron chi connectivity index (χ0n) is 10.5. The number of nitrogens with one attached hydrogen (secondary N) is 1. The maximum atomic E-state index is 11.6. The summed E-state index contributed by atoms with van der Waals surface area (Å²) in [4.78, 5) is 24.3. The third-order valence-electron chi connectivity index (χ3n) is 3.08. The molecule has 1 aliphatic heterocycles. The van der Waals surface area contributed by atoms with Crippen molar-refractivity contribution in [1.82, 2.24) is 5.32 Å². The summed E-state index contributed by atoms with van der Waals surface area (Å²) in [5.41, 5.74) is 2.04. The summed E-state index contributed by atoms with van der Waals surface area (Å²) in [5.74, 6) is -1.05. The van der Waals surface area contributed by atoms with Crippen molar-refractivity contribution in [2.24, 2.45) is 0 Å². The minimum absolute atomic E-state index is 0.0602. The van der Waals surface area contributed by atoms with Crippen molar-refractivity contribution < 1.29 is 14.7 Å². The number of carbonyl (C=O) groups excluding carboxylic acids is 1. The van der Waals surface area contributed by atoms with Gasteiger partial charge in [0.2, 0.25) is 5.91 Å². The number of aryl methyl sites for hydroxylation is 1. The largest absolute Gasteiger partial charge is 0.481 e. The normalized spacial score (nSPS) is 19.2. The molecule has 0 spiro atoms. The van der Waals surface area contributed by atoms with Crippen LogP contribution in [0.4, 0.5) is 5.69 Å². The van der Waals surface area contributed by atoms with Crippen LogP contribution in [0.15, 0.2) is 22.7 Å². The number of amides is 1. The Hall–Kier alpha value is -1.56. The smallest absolute Gasteiger partial charge is 0.305 e. The molecule has 0 bridgehead atoms. The first-order valence-electron chi connectivity index (χ1n) is 5.98. The van der Waals surface area contributed by atoms with Crippen molar-refractivity contribution in [3.63, 3.8) is 0 Å². The topological polar surface area (TPSA) is 69.6 Å². The fourth-order valence-electron chi connectivity index (χ4n) is 2.12. The zero-order valence-corrected chi connectivity index (χ0v) is 12.1. The third-order valence-corrected chi connectivity index (χ3v) is 3.94. The first-order valence-corrected chi connectivity index (χ1v) is 6.77. The van der Waals surface area contributed by atoms with Gasteiger partial charge in [0.1, 0.15) is 0 Å². The van der Waals surface area contributed by atoms with Gasteiger partial charge in [-0.3, -0.25) is 9.59 Å². The molecule has 0 aliphatic carbocycles. The molecule has 2 rings (SSSR count). The number of hydrogen-bond donors (Lipinski definition) is 2. The minimum Gasteiger partial charge on any atom is -0.481 e. The van der Waals surface area contributed by atoms with E-state index in [0.717, 1.165) is 15.7 Å². The van der Waals surface area contributed by atoms with E-state index in [4.69, 9.17) is 5.11 Å². The molecule has 1 aromatic rings. The lowest BCUT2D eigenvalue weighted by atomic mass is 10.1. The van der Waals surface area contributed by atoms with Gasteiger partial charge >= 0.3 is 5.97 Å². The molecule has 19 heavy (non-hydrogen) atoms. The first kappa shape index (κ1) is 13.9. The highest BCUT2D eigenvalue weighted by Crippen LogP contribution is 2.24. The van der Waals surface area contributed by atoms with E-state index in [1.165, 1.54) is 0 Å². The molecule has 1 aliphatic rings. The van der Waals surface area contributed by atoms with Gasteiger partial charge in [-0.25, -0.2) is 0 Å². The van der Waals surface area contributed by atoms with E-state index in [0.29, 0.717) is 6.54 Å². The molecule has 0 radical (unpaired) electrons. The van der Waals surface area contributed by atoms with Crippen molar-refractivity contribution in [3.8, 4) is 0 Å². The lowest BCUT2D eigenvalue weighted by molar-refractivity contribution is -0.137. The highest BCUT2D eigenvalue weighted by Gasteiger charge is 2.26. The van der Waals surface area contributed by atoms with Crippen LogP contribution in [0.1, 0.15) is 12.0 Å². The molecule has 2 N–H and O–H groups in total. The minimum atomic E-state index is -0.905. The van der Waals surface area contributed by atoms with Gasteiger partial charge in [-0.05, 0) is 24.6 Å². The summed E-state index contributed by atoms with van der Waals surface area (Å²) >= 11 is 3.46. The third kappa shape index (κ3) is 3.47. The van der Waals surface area contributed by atoms with E-state index in [9.17, 15) is 9.59 Å². The van der Waals surface area contributed by atoms with Gasteiger partial charge in [-0.1, -0.05) is 22.0 Å². The Morgan fingerprint density at radius 2 is 2.32 bits per heavy atom. The van der Waals surface area contributed by atoms with E-state index < -0.39 is 5.97 Å². The molecule has 1 unspecified atom stereocenters. The Bertz CT molecular complexity index is 517. The number of rotatable bonds is 3. The number of carboxylic acid groups (broad SMARTS) is 1. The summed E-state index contributed by atoms with van der Waals surface area (Å²) in [6.45, 7) is 2.75. The predicted molar refractivity (Wildman–Crippen MR) is 75.3 cm³/mol. The Morgan fingerprint density at radius 3 is 2.95 bits per heavy atom. The van der Waals surface area contributed by atoms with Crippen LogP contribution in [0.25, 0.3) is 0 Å². The van der Waals surface area contributed by atoms with Gasteiger partial charge in [0, 0.05) is 16.7 Å². The molecular formula is C13H15BrN2O3. The Balaban J connectivity index is 2.16. The number of carboxylic acids is 1. The summed E-state index contributed by atoms with van der Waals surface area (Å²) in [5, 5.41) is 11.5. The van der Waals surface area contributed by atoms with E-state index in [-0.39, 0.29) is 24.9 Å². The van der Waals surface area contributed by atoms with Gasteiger partial charge < -0.3 is 15.3 Å². The molecule has 1 amide bonds. The Kier molecular flexibility index (Phi) is 4.09. The van der Waals surface area contributed by atoms with Crippen molar-refractivity contribution in [2.45, 2.75) is 19.4 Å². The number of benzene rings is 1. The molecule has 1 heterocycles. The second kappa shape index (κ2) is 5.61. The lowest BCUT2D eigenvalue weighted by Gasteiger charge is -2.34. The van der Waals surface area contributed by atoms with E-state index in [1.807, 2.05) is 30.0 Å². The number of anilines is 1. The fourth-order valence-corrected chi connectivity index (χ4v) is 2.49. The summed E-state index contributed by atoms with van der Waals surface area (Å²) < 4.78 is 0.978. The Labute approximate surface area is 119 Å². The van der Waals surface area contributed by atoms with Crippen LogP contribution in [0, 0.1) is 6.92 Å². The highest BCUT2D eigenvalue weighted by atomic mass is 79.9. The van der Waals surface area contributed by atoms with Crippen molar-refractivity contribution >= 4 is 33.5 Å². The van der Waals surface area contributed by atoms with Gasteiger partial charge in [0.25, 0.3) is 0 Å². The number of piperazine rings is 1. The average Bonchev–Trinajstić information content (AvgIpc) is 2.31. The number of hydrogen-bond acceptors (Lipinski definition) is 3. The van der Waals surface area contributed by atoms with Crippen LogP contribution >= 0.6 is 15.9 Å². The van der Waals surface area contributed by atoms with Crippen molar-refractivity contribution in [1.29, 1.82) is 0 Å². The molecular weight excluding hydrogens is 312 g/mol. The predicted octanol–water partition coefficient (Wildman–Crippen LogP) is 1.54. The molecule has 0 aromatic heterocycles. The number of carbonyl (C=O) groups is 2. The maximum absolute atomic E-state index is 11.6. The highest BCUT2D eigenvalue weighted by molar-refractivity contribution is 9.10. The molecule has 1 aromatic carbocycles. The standard InChI is InChI=1S/C13H15BrN2O3/c1-8-2-3-10(5-11(8)14)16-6-9(4-13(18)19)15-12(17)7-16/h2-3,5,9H,4,6-7H2,1H3,(H,15,17)(H,18,19).